The number of amides is 2. The molecule has 0 spiro atoms. The van der Waals surface area contributed by atoms with E-state index >= 15 is 0 Å². The molecule has 0 unspecified atom stereocenters. The van der Waals surface area contributed by atoms with Crippen LogP contribution in [-0.2, 0) is 9.53 Å². The molecule has 1 N–H and O–H groups in total. The van der Waals surface area contributed by atoms with E-state index in [1.807, 2.05) is 51.1 Å². The van der Waals surface area contributed by atoms with E-state index in [9.17, 15) is 9.59 Å². The molecule has 2 amide bonds. The van der Waals surface area contributed by atoms with Gasteiger partial charge >= 0.3 is 6.09 Å². The molecule has 1 saturated heterocycles. The van der Waals surface area contributed by atoms with Crippen molar-refractivity contribution in [2.24, 2.45) is 0 Å². The third-order valence-corrected chi connectivity index (χ3v) is 4.94. The lowest BCUT2D eigenvalue weighted by molar-refractivity contribution is -0.118. The van der Waals surface area contributed by atoms with E-state index in [0.29, 0.717) is 13.0 Å². The fourth-order valence-corrected chi connectivity index (χ4v) is 3.89. The quantitative estimate of drug-likeness (QED) is 0.642. The van der Waals surface area contributed by atoms with Crippen molar-refractivity contribution in [3.63, 3.8) is 0 Å². The molecular weight excluding hydrogens is 448 g/mol. The number of halogens is 1. The summed E-state index contributed by atoms with van der Waals surface area (Å²) in [4.78, 5) is 26.9. The Balaban J connectivity index is 1.89. The summed E-state index contributed by atoms with van der Waals surface area (Å²) < 4.78 is 12.2. The fourth-order valence-electron chi connectivity index (χ4n) is 3.42. The van der Waals surface area contributed by atoms with Crippen molar-refractivity contribution in [1.82, 2.24) is 5.32 Å². The van der Waals surface area contributed by atoms with Crippen molar-refractivity contribution in [3.8, 4) is 5.75 Å². The molecule has 1 aliphatic rings. The van der Waals surface area contributed by atoms with Gasteiger partial charge in [-0.1, -0.05) is 22.0 Å². The minimum atomic E-state index is -0.616. The summed E-state index contributed by atoms with van der Waals surface area (Å²) in [6.07, 6.45) is -0.0627. The Labute approximate surface area is 186 Å². The zero-order valence-electron chi connectivity index (χ0n) is 18.3. The fraction of sp³-hybridized carbons (Fsp3) is 0.478. The maximum atomic E-state index is 13.1. The number of benzene rings is 2. The number of hydrogen-bond donors (Lipinski definition) is 1. The molecular formula is C23H29BrN2O4. The SMILES string of the molecule is CC(C)(C)OC(=O)N[C@@H]1CCN(c2cc(Br)cc3ccc(OC(C)(C)C)cc23)C1=O. The van der Waals surface area contributed by atoms with Crippen LogP contribution in [0.2, 0.25) is 0 Å². The lowest BCUT2D eigenvalue weighted by Gasteiger charge is -2.24. The molecule has 0 saturated carbocycles. The number of carbonyl (C=O) groups is 2. The van der Waals surface area contributed by atoms with E-state index in [2.05, 4.69) is 21.2 Å². The lowest BCUT2D eigenvalue weighted by atomic mass is 10.1. The molecule has 3 rings (SSSR count). The molecule has 162 valence electrons. The number of nitrogens with zero attached hydrogens (tertiary/aromatic N) is 1. The molecule has 2 aromatic rings. The molecule has 1 fully saturated rings. The maximum absolute atomic E-state index is 13.1. The normalized spacial score (nSPS) is 17.4. The van der Waals surface area contributed by atoms with Crippen molar-refractivity contribution >= 4 is 44.4 Å². The molecule has 6 nitrogen and oxygen atoms in total. The van der Waals surface area contributed by atoms with Crippen molar-refractivity contribution < 1.29 is 19.1 Å². The summed E-state index contributed by atoms with van der Waals surface area (Å²) in [6.45, 7) is 11.9. The van der Waals surface area contributed by atoms with Gasteiger partial charge in [0.1, 0.15) is 23.0 Å². The highest BCUT2D eigenvalue weighted by Gasteiger charge is 2.35. The minimum absolute atomic E-state index is 0.151. The third-order valence-electron chi connectivity index (χ3n) is 4.48. The number of ether oxygens (including phenoxy) is 2. The molecule has 1 atom stereocenters. The van der Waals surface area contributed by atoms with Gasteiger partial charge in [0.15, 0.2) is 0 Å². The Morgan fingerprint density at radius 2 is 1.80 bits per heavy atom. The first-order valence-corrected chi connectivity index (χ1v) is 10.8. The van der Waals surface area contributed by atoms with Crippen LogP contribution in [0.15, 0.2) is 34.8 Å². The monoisotopic (exact) mass is 476 g/mol. The second-order valence-electron chi connectivity index (χ2n) is 9.50. The molecule has 7 heteroatoms. The van der Waals surface area contributed by atoms with E-state index in [4.69, 9.17) is 9.47 Å². The zero-order chi connectivity index (χ0) is 22.3. The van der Waals surface area contributed by atoms with Gasteiger partial charge in [0.25, 0.3) is 0 Å². The Bertz CT molecular complexity index is 976. The summed E-state index contributed by atoms with van der Waals surface area (Å²) in [5.74, 6) is 0.594. The second kappa shape index (κ2) is 8.10. The molecule has 0 aromatic heterocycles. The van der Waals surface area contributed by atoms with Crippen molar-refractivity contribution in [1.29, 1.82) is 0 Å². The van der Waals surface area contributed by atoms with Crippen LogP contribution in [0.4, 0.5) is 10.5 Å². The first-order chi connectivity index (χ1) is 13.8. The van der Waals surface area contributed by atoms with Gasteiger partial charge in [0, 0.05) is 16.4 Å². The number of nitrogens with one attached hydrogen (secondary N) is 1. The Morgan fingerprint density at radius 1 is 1.10 bits per heavy atom. The van der Waals surface area contributed by atoms with Crippen LogP contribution in [0.1, 0.15) is 48.0 Å². The van der Waals surface area contributed by atoms with Gasteiger partial charge in [-0.05, 0) is 77.6 Å². The highest BCUT2D eigenvalue weighted by Crippen LogP contribution is 2.36. The van der Waals surface area contributed by atoms with Gasteiger partial charge in [-0.25, -0.2) is 4.79 Å². The van der Waals surface area contributed by atoms with Crippen molar-refractivity contribution in [2.45, 2.75) is 65.2 Å². The summed E-state index contributed by atoms with van der Waals surface area (Å²) in [6, 6.07) is 9.21. The predicted molar refractivity (Wildman–Crippen MR) is 122 cm³/mol. The molecule has 0 radical (unpaired) electrons. The highest BCUT2D eigenvalue weighted by atomic mass is 79.9. The van der Waals surface area contributed by atoms with Gasteiger partial charge in [0.2, 0.25) is 5.91 Å². The molecule has 1 heterocycles. The van der Waals surface area contributed by atoms with Gasteiger partial charge in [0.05, 0.1) is 5.69 Å². The Hall–Kier alpha value is -2.28. The third kappa shape index (κ3) is 5.45. The lowest BCUT2D eigenvalue weighted by Crippen LogP contribution is -2.43. The van der Waals surface area contributed by atoms with E-state index in [1.54, 1.807) is 25.7 Å². The summed E-state index contributed by atoms with van der Waals surface area (Å²) in [5, 5.41) is 4.62. The zero-order valence-corrected chi connectivity index (χ0v) is 19.9. The first kappa shape index (κ1) is 22.4. The number of hydrogen-bond acceptors (Lipinski definition) is 4. The van der Waals surface area contributed by atoms with Crippen LogP contribution in [0.25, 0.3) is 10.8 Å². The van der Waals surface area contributed by atoms with Crippen LogP contribution in [0.3, 0.4) is 0 Å². The van der Waals surface area contributed by atoms with Crippen LogP contribution in [0, 0.1) is 0 Å². The largest absolute Gasteiger partial charge is 0.488 e. The molecule has 30 heavy (non-hydrogen) atoms. The predicted octanol–water partition coefficient (Wildman–Crippen LogP) is 5.41. The summed E-state index contributed by atoms with van der Waals surface area (Å²) >= 11 is 3.55. The highest BCUT2D eigenvalue weighted by molar-refractivity contribution is 9.10. The van der Waals surface area contributed by atoms with Crippen molar-refractivity contribution in [2.75, 3.05) is 11.4 Å². The topological polar surface area (TPSA) is 67.9 Å². The van der Waals surface area contributed by atoms with E-state index < -0.39 is 17.7 Å². The molecule has 1 aliphatic heterocycles. The van der Waals surface area contributed by atoms with Gasteiger partial charge in [-0.3, -0.25) is 4.79 Å². The minimum Gasteiger partial charge on any atom is -0.488 e. The molecule has 0 aliphatic carbocycles. The Morgan fingerprint density at radius 3 is 2.43 bits per heavy atom. The van der Waals surface area contributed by atoms with E-state index in [-0.39, 0.29) is 11.5 Å². The van der Waals surface area contributed by atoms with Crippen LogP contribution in [0.5, 0.6) is 5.75 Å². The number of rotatable bonds is 3. The van der Waals surface area contributed by atoms with Crippen LogP contribution < -0.4 is 15.0 Å². The number of anilines is 1. The van der Waals surface area contributed by atoms with E-state index in [1.165, 1.54) is 0 Å². The van der Waals surface area contributed by atoms with Gasteiger partial charge in [-0.15, -0.1) is 0 Å². The second-order valence-corrected chi connectivity index (χ2v) is 10.4. The average molecular weight is 477 g/mol. The summed E-state index contributed by atoms with van der Waals surface area (Å²) in [7, 11) is 0. The van der Waals surface area contributed by atoms with Gasteiger partial charge in [-0.2, -0.15) is 0 Å². The first-order valence-electron chi connectivity index (χ1n) is 10.1. The molecule has 2 aromatic carbocycles. The van der Waals surface area contributed by atoms with E-state index in [0.717, 1.165) is 26.7 Å². The maximum Gasteiger partial charge on any atom is 0.408 e. The van der Waals surface area contributed by atoms with Crippen molar-refractivity contribution in [3.05, 3.63) is 34.8 Å². The standard InChI is InChI=1S/C23H29BrN2O4/c1-22(2,3)29-16-8-7-14-11-15(24)12-19(17(14)13-16)26-10-9-18(20(26)27)25-21(28)30-23(4,5)6/h7-8,11-13,18H,9-10H2,1-6H3,(H,25,28)/t18-/m1/s1. The number of alkyl carbamates (subject to hydrolysis) is 1. The molecule has 0 bridgehead atoms. The Kier molecular flexibility index (Phi) is 6.05. The van der Waals surface area contributed by atoms with Crippen LogP contribution >= 0.6 is 15.9 Å². The number of carbonyl (C=O) groups excluding carboxylic acids is 2. The van der Waals surface area contributed by atoms with Gasteiger partial charge < -0.3 is 19.7 Å². The smallest absolute Gasteiger partial charge is 0.408 e. The average Bonchev–Trinajstić information content (AvgIpc) is 2.92. The van der Waals surface area contributed by atoms with Crippen LogP contribution in [-0.4, -0.2) is 35.8 Å². The number of fused-ring (bicyclic) bond motifs is 1. The summed E-state index contributed by atoms with van der Waals surface area (Å²) in [5.41, 5.74) is -0.151.